The van der Waals surface area contributed by atoms with Crippen molar-refractivity contribution in [3.8, 4) is 0 Å². The zero-order valence-electron chi connectivity index (χ0n) is 23.0. The number of fused-ring (bicyclic) bond motifs is 5. The molecule has 0 aromatic heterocycles. The van der Waals surface area contributed by atoms with Crippen LogP contribution >= 0.6 is 0 Å². The molecule has 1 aliphatic heterocycles. The van der Waals surface area contributed by atoms with E-state index in [1.165, 1.54) is 34.7 Å². The number of rotatable bonds is 8. The molecule has 9 heteroatoms. The highest BCUT2D eigenvalue weighted by Gasteiger charge is 2.64. The second-order valence-electron chi connectivity index (χ2n) is 10.9. The van der Waals surface area contributed by atoms with Crippen LogP contribution in [0.1, 0.15) is 52.0 Å². The molecule has 0 unspecified atom stereocenters. The largest absolute Gasteiger partial charge is 0.462 e. The van der Waals surface area contributed by atoms with Crippen molar-refractivity contribution in [2.75, 3.05) is 23.4 Å². The second kappa shape index (κ2) is 11.2. The predicted octanol–water partition coefficient (Wildman–Crippen LogP) is 4.59. The molecule has 6 rings (SSSR count). The lowest BCUT2D eigenvalue weighted by Gasteiger charge is -2.28. The lowest BCUT2D eigenvalue weighted by Crippen LogP contribution is -2.33. The molecule has 3 aliphatic rings. The molecule has 1 saturated heterocycles. The SMILES string of the molecule is CCOC(=O)c1ccc(NC(=O)COC(=O)c2ccc(N3C(=O)[C@@H]4[C@@H]5C[C@@H]([C@@H]4C3=O)[C@H](c3ccccc3)C5)cc2)cc1. The summed E-state index contributed by atoms with van der Waals surface area (Å²) in [4.78, 5) is 64.8. The molecule has 5 atom stereocenters. The van der Waals surface area contributed by atoms with Gasteiger partial charge < -0.3 is 14.8 Å². The quantitative estimate of drug-likeness (QED) is 0.313. The molecule has 3 aromatic carbocycles. The highest BCUT2D eigenvalue weighted by atomic mass is 16.5. The van der Waals surface area contributed by atoms with Gasteiger partial charge in [-0.2, -0.15) is 0 Å². The van der Waals surface area contributed by atoms with Gasteiger partial charge in [0.15, 0.2) is 6.61 Å². The highest BCUT2D eigenvalue weighted by Crippen LogP contribution is 2.61. The summed E-state index contributed by atoms with van der Waals surface area (Å²) in [5, 5.41) is 2.60. The maximum atomic E-state index is 13.5. The number of anilines is 2. The Kier molecular flexibility index (Phi) is 7.33. The zero-order chi connectivity index (χ0) is 29.4. The Morgan fingerprint density at radius 2 is 1.40 bits per heavy atom. The minimum atomic E-state index is -0.714. The number of benzene rings is 3. The molecule has 0 spiro atoms. The Hall–Kier alpha value is -4.79. The first-order chi connectivity index (χ1) is 20.4. The van der Waals surface area contributed by atoms with Gasteiger partial charge in [0.25, 0.3) is 5.91 Å². The van der Waals surface area contributed by atoms with Gasteiger partial charge in [-0.3, -0.25) is 19.3 Å². The van der Waals surface area contributed by atoms with Gasteiger partial charge in [0.1, 0.15) is 0 Å². The topological polar surface area (TPSA) is 119 Å². The lowest BCUT2D eigenvalue weighted by atomic mass is 9.73. The fraction of sp³-hybridized carbons (Fsp3) is 0.303. The minimum Gasteiger partial charge on any atom is -0.462 e. The number of imide groups is 1. The summed E-state index contributed by atoms with van der Waals surface area (Å²) in [7, 11) is 0. The molecular weight excluding hydrogens is 536 g/mol. The van der Waals surface area contributed by atoms with Gasteiger partial charge in [-0.05, 0) is 91.6 Å². The number of carbonyl (C=O) groups is 5. The van der Waals surface area contributed by atoms with Crippen molar-refractivity contribution in [2.24, 2.45) is 23.7 Å². The molecule has 3 aromatic rings. The van der Waals surface area contributed by atoms with Crippen molar-refractivity contribution in [1.82, 2.24) is 0 Å². The van der Waals surface area contributed by atoms with Crippen LogP contribution in [0.5, 0.6) is 0 Å². The Bertz CT molecular complexity index is 1530. The van der Waals surface area contributed by atoms with E-state index in [0.717, 1.165) is 12.8 Å². The molecule has 1 heterocycles. The zero-order valence-corrected chi connectivity index (χ0v) is 23.0. The lowest BCUT2D eigenvalue weighted by molar-refractivity contribution is -0.123. The molecule has 2 aliphatic carbocycles. The molecule has 214 valence electrons. The van der Waals surface area contributed by atoms with Crippen LogP contribution in [-0.4, -0.2) is 42.9 Å². The number of amides is 3. The number of hydrogen-bond donors (Lipinski definition) is 1. The normalized spacial score (nSPS) is 23.9. The van der Waals surface area contributed by atoms with Crippen molar-refractivity contribution < 1.29 is 33.4 Å². The summed E-state index contributed by atoms with van der Waals surface area (Å²) in [6.45, 7) is 1.46. The summed E-state index contributed by atoms with van der Waals surface area (Å²) >= 11 is 0. The maximum Gasteiger partial charge on any atom is 0.338 e. The van der Waals surface area contributed by atoms with E-state index >= 15 is 0 Å². The number of hydrogen-bond acceptors (Lipinski definition) is 7. The summed E-state index contributed by atoms with van der Waals surface area (Å²) in [6, 6.07) is 22.5. The van der Waals surface area contributed by atoms with E-state index in [4.69, 9.17) is 9.47 Å². The van der Waals surface area contributed by atoms with Crippen LogP contribution in [0.3, 0.4) is 0 Å². The third kappa shape index (κ3) is 4.95. The van der Waals surface area contributed by atoms with E-state index in [-0.39, 0.29) is 53.6 Å². The molecule has 0 radical (unpaired) electrons. The van der Waals surface area contributed by atoms with E-state index in [9.17, 15) is 24.0 Å². The number of nitrogens with zero attached hydrogens (tertiary/aromatic N) is 1. The van der Waals surface area contributed by atoms with Gasteiger partial charge in [-0.15, -0.1) is 0 Å². The summed E-state index contributed by atoms with van der Waals surface area (Å²) in [6.07, 6.45) is 1.82. The van der Waals surface area contributed by atoms with Crippen molar-refractivity contribution >= 4 is 41.0 Å². The first-order valence-electron chi connectivity index (χ1n) is 14.1. The Labute approximate surface area is 242 Å². The smallest absolute Gasteiger partial charge is 0.338 e. The molecular formula is C33H30N2O7. The van der Waals surface area contributed by atoms with E-state index in [0.29, 0.717) is 16.9 Å². The number of nitrogens with one attached hydrogen (secondary N) is 1. The molecule has 2 saturated carbocycles. The van der Waals surface area contributed by atoms with Crippen molar-refractivity contribution in [2.45, 2.75) is 25.7 Å². The Morgan fingerprint density at radius 3 is 2.07 bits per heavy atom. The van der Waals surface area contributed by atoms with Gasteiger partial charge in [-0.1, -0.05) is 30.3 Å². The third-order valence-corrected chi connectivity index (χ3v) is 8.62. The van der Waals surface area contributed by atoms with Crippen LogP contribution < -0.4 is 10.2 Å². The van der Waals surface area contributed by atoms with E-state index < -0.39 is 24.5 Å². The fourth-order valence-corrected chi connectivity index (χ4v) is 6.86. The first kappa shape index (κ1) is 27.4. The van der Waals surface area contributed by atoms with E-state index in [1.807, 2.05) is 18.2 Å². The molecule has 9 nitrogen and oxygen atoms in total. The monoisotopic (exact) mass is 566 g/mol. The average Bonchev–Trinajstić information content (AvgIpc) is 3.68. The van der Waals surface area contributed by atoms with Gasteiger partial charge in [0.05, 0.1) is 35.3 Å². The summed E-state index contributed by atoms with van der Waals surface area (Å²) < 4.78 is 10.1. The minimum absolute atomic E-state index is 0.153. The molecule has 3 fully saturated rings. The average molecular weight is 567 g/mol. The number of esters is 2. The number of carbonyl (C=O) groups excluding carboxylic acids is 5. The summed E-state index contributed by atoms with van der Waals surface area (Å²) in [5.74, 6) is -2.01. The number of ether oxygens (including phenoxy) is 2. The van der Waals surface area contributed by atoms with Crippen LogP contribution in [0.2, 0.25) is 0 Å². The van der Waals surface area contributed by atoms with Gasteiger partial charge in [-0.25, -0.2) is 9.59 Å². The van der Waals surface area contributed by atoms with E-state index in [2.05, 4.69) is 17.4 Å². The molecule has 1 N–H and O–H groups in total. The standard InChI is InChI=1S/C33H30N2O7/c1-2-41-32(39)20-8-12-23(13-9-20)34-27(36)18-42-33(40)21-10-14-24(15-11-21)35-30(37)28-22-16-25(19-6-4-3-5-7-19)26(17-22)29(28)31(35)38/h3-15,22,25-26,28-29H,2,16-18H2,1H3,(H,34,36)/t22-,25-,26+,28+,29-/m0/s1. The van der Waals surface area contributed by atoms with Crippen LogP contribution in [0.4, 0.5) is 11.4 Å². The third-order valence-electron chi connectivity index (χ3n) is 8.62. The van der Waals surface area contributed by atoms with Gasteiger partial charge >= 0.3 is 11.9 Å². The van der Waals surface area contributed by atoms with Crippen molar-refractivity contribution in [3.05, 3.63) is 95.6 Å². The van der Waals surface area contributed by atoms with Gasteiger partial charge in [0, 0.05) is 5.69 Å². The molecule has 3 amide bonds. The first-order valence-corrected chi connectivity index (χ1v) is 14.1. The van der Waals surface area contributed by atoms with Crippen LogP contribution in [0.15, 0.2) is 78.9 Å². The predicted molar refractivity (Wildman–Crippen MR) is 153 cm³/mol. The maximum absolute atomic E-state index is 13.5. The fourth-order valence-electron chi connectivity index (χ4n) is 6.86. The second-order valence-corrected chi connectivity index (χ2v) is 10.9. The summed E-state index contributed by atoms with van der Waals surface area (Å²) in [5.41, 5.74) is 2.63. The van der Waals surface area contributed by atoms with Crippen LogP contribution in [-0.2, 0) is 23.9 Å². The Balaban J connectivity index is 1.05. The highest BCUT2D eigenvalue weighted by molar-refractivity contribution is 6.22. The van der Waals surface area contributed by atoms with Gasteiger partial charge in [0.2, 0.25) is 11.8 Å². The van der Waals surface area contributed by atoms with Crippen molar-refractivity contribution in [1.29, 1.82) is 0 Å². The van der Waals surface area contributed by atoms with Crippen LogP contribution in [0.25, 0.3) is 0 Å². The Morgan fingerprint density at radius 1 is 0.786 bits per heavy atom. The molecule has 2 bridgehead atoms. The van der Waals surface area contributed by atoms with Crippen LogP contribution in [0, 0.1) is 23.7 Å². The van der Waals surface area contributed by atoms with E-state index in [1.54, 1.807) is 31.2 Å². The molecule has 42 heavy (non-hydrogen) atoms. The van der Waals surface area contributed by atoms with Crippen molar-refractivity contribution in [3.63, 3.8) is 0 Å².